The van der Waals surface area contributed by atoms with E-state index in [1.165, 1.54) is 6.42 Å². The maximum Gasteiger partial charge on any atom is 0.270 e. The Labute approximate surface area is 125 Å². The lowest BCUT2D eigenvalue weighted by molar-refractivity contribution is -0.133. The summed E-state index contributed by atoms with van der Waals surface area (Å²) in [6, 6.07) is 3.68. The van der Waals surface area contributed by atoms with E-state index in [0.717, 1.165) is 45.4 Å². The SMILES string of the molecule is CC(=O)N1CCCC2(CCN(C(=O)c3ccc[nH]3)CC2)C1. The van der Waals surface area contributed by atoms with Crippen molar-refractivity contribution < 1.29 is 9.59 Å². The Morgan fingerprint density at radius 2 is 1.90 bits per heavy atom. The van der Waals surface area contributed by atoms with Crippen molar-refractivity contribution in [3.05, 3.63) is 24.0 Å². The largest absolute Gasteiger partial charge is 0.357 e. The van der Waals surface area contributed by atoms with Gasteiger partial charge in [-0.05, 0) is 43.2 Å². The zero-order valence-corrected chi connectivity index (χ0v) is 12.6. The van der Waals surface area contributed by atoms with E-state index in [1.807, 2.05) is 21.9 Å². The normalized spacial score (nSPS) is 21.6. The van der Waals surface area contributed by atoms with Crippen LogP contribution in [0.3, 0.4) is 0 Å². The number of piperidine rings is 2. The Kier molecular flexibility index (Phi) is 3.74. The molecule has 114 valence electrons. The molecule has 1 N–H and O–H groups in total. The number of likely N-dealkylation sites (tertiary alicyclic amines) is 2. The molecule has 3 heterocycles. The molecule has 0 aliphatic carbocycles. The van der Waals surface area contributed by atoms with Gasteiger partial charge in [0.2, 0.25) is 5.91 Å². The lowest BCUT2D eigenvalue weighted by atomic mass is 9.72. The van der Waals surface area contributed by atoms with Crippen molar-refractivity contribution in [1.82, 2.24) is 14.8 Å². The van der Waals surface area contributed by atoms with E-state index in [4.69, 9.17) is 0 Å². The molecule has 0 bridgehead atoms. The molecule has 1 spiro atoms. The Hall–Kier alpha value is -1.78. The van der Waals surface area contributed by atoms with Crippen molar-refractivity contribution in [3.8, 4) is 0 Å². The highest BCUT2D eigenvalue weighted by molar-refractivity contribution is 5.92. The van der Waals surface area contributed by atoms with Crippen LogP contribution in [0.15, 0.2) is 18.3 Å². The summed E-state index contributed by atoms with van der Waals surface area (Å²) in [5.74, 6) is 0.271. The molecule has 5 nitrogen and oxygen atoms in total. The highest BCUT2D eigenvalue weighted by Crippen LogP contribution is 2.40. The van der Waals surface area contributed by atoms with Crippen LogP contribution in [0.25, 0.3) is 0 Å². The second-order valence-electron chi connectivity index (χ2n) is 6.42. The first-order valence-electron chi connectivity index (χ1n) is 7.78. The maximum absolute atomic E-state index is 12.3. The van der Waals surface area contributed by atoms with Crippen molar-refractivity contribution in [1.29, 1.82) is 0 Å². The third kappa shape index (κ3) is 2.82. The summed E-state index contributed by atoms with van der Waals surface area (Å²) in [6.07, 6.45) is 6.06. The van der Waals surface area contributed by atoms with Crippen molar-refractivity contribution >= 4 is 11.8 Å². The van der Waals surface area contributed by atoms with Gasteiger partial charge in [0.05, 0.1) is 0 Å². The van der Waals surface area contributed by atoms with Crippen molar-refractivity contribution in [2.75, 3.05) is 26.2 Å². The van der Waals surface area contributed by atoms with E-state index < -0.39 is 0 Å². The Balaban J connectivity index is 1.62. The molecule has 3 rings (SSSR count). The van der Waals surface area contributed by atoms with E-state index in [1.54, 1.807) is 13.1 Å². The van der Waals surface area contributed by atoms with Gasteiger partial charge in [0.15, 0.2) is 0 Å². The fraction of sp³-hybridized carbons (Fsp3) is 0.625. The number of amides is 2. The fourth-order valence-corrected chi connectivity index (χ4v) is 3.70. The van der Waals surface area contributed by atoms with Gasteiger partial charge in [0.25, 0.3) is 5.91 Å². The molecule has 0 radical (unpaired) electrons. The number of hydrogen-bond donors (Lipinski definition) is 1. The highest BCUT2D eigenvalue weighted by Gasteiger charge is 2.40. The lowest BCUT2D eigenvalue weighted by Crippen LogP contribution is -2.51. The first-order valence-corrected chi connectivity index (χ1v) is 7.78. The van der Waals surface area contributed by atoms with Crippen LogP contribution >= 0.6 is 0 Å². The summed E-state index contributed by atoms with van der Waals surface area (Å²) in [6.45, 7) is 5.01. The van der Waals surface area contributed by atoms with Gasteiger partial charge in [-0.2, -0.15) is 0 Å². The summed E-state index contributed by atoms with van der Waals surface area (Å²) < 4.78 is 0. The smallest absolute Gasteiger partial charge is 0.270 e. The molecule has 0 aromatic carbocycles. The summed E-state index contributed by atoms with van der Waals surface area (Å²) in [4.78, 5) is 30.8. The molecule has 2 aliphatic rings. The topological polar surface area (TPSA) is 56.4 Å². The van der Waals surface area contributed by atoms with Crippen LogP contribution < -0.4 is 0 Å². The van der Waals surface area contributed by atoms with Crippen LogP contribution in [-0.2, 0) is 4.79 Å². The van der Waals surface area contributed by atoms with Crippen molar-refractivity contribution in [2.24, 2.45) is 5.41 Å². The predicted molar refractivity (Wildman–Crippen MR) is 79.9 cm³/mol. The van der Waals surface area contributed by atoms with Gasteiger partial charge in [-0.25, -0.2) is 0 Å². The third-order valence-corrected chi connectivity index (χ3v) is 5.05. The van der Waals surface area contributed by atoms with Gasteiger partial charge >= 0.3 is 0 Å². The molecule has 21 heavy (non-hydrogen) atoms. The van der Waals surface area contributed by atoms with E-state index in [0.29, 0.717) is 5.69 Å². The number of aromatic nitrogens is 1. The summed E-state index contributed by atoms with van der Waals surface area (Å²) >= 11 is 0. The Morgan fingerprint density at radius 1 is 1.14 bits per heavy atom. The number of aromatic amines is 1. The number of hydrogen-bond acceptors (Lipinski definition) is 2. The molecule has 0 atom stereocenters. The molecule has 5 heteroatoms. The predicted octanol–water partition coefficient (Wildman–Crippen LogP) is 1.88. The number of carbonyl (C=O) groups is 2. The monoisotopic (exact) mass is 289 g/mol. The van der Waals surface area contributed by atoms with Crippen LogP contribution in [0.5, 0.6) is 0 Å². The Morgan fingerprint density at radius 3 is 2.52 bits per heavy atom. The van der Waals surface area contributed by atoms with Crippen molar-refractivity contribution in [2.45, 2.75) is 32.6 Å². The zero-order valence-electron chi connectivity index (χ0n) is 12.6. The third-order valence-electron chi connectivity index (χ3n) is 5.05. The van der Waals surface area contributed by atoms with Gasteiger partial charge in [0, 0.05) is 39.3 Å². The molecule has 1 aromatic heterocycles. The van der Waals surface area contributed by atoms with Gasteiger partial charge in [0.1, 0.15) is 5.69 Å². The number of nitrogens with one attached hydrogen (secondary N) is 1. The highest BCUT2D eigenvalue weighted by atomic mass is 16.2. The number of nitrogens with zero attached hydrogens (tertiary/aromatic N) is 2. The average Bonchev–Trinajstić information content (AvgIpc) is 3.02. The van der Waals surface area contributed by atoms with Crippen LogP contribution in [0.2, 0.25) is 0 Å². The number of rotatable bonds is 1. The van der Waals surface area contributed by atoms with Crippen LogP contribution in [0.4, 0.5) is 0 Å². The molecule has 2 amide bonds. The molecule has 0 unspecified atom stereocenters. The maximum atomic E-state index is 12.3. The fourth-order valence-electron chi connectivity index (χ4n) is 3.70. The standard InChI is InChI=1S/C16H23N3O2/c1-13(20)19-9-3-5-16(12-19)6-10-18(11-7-16)15(21)14-4-2-8-17-14/h2,4,8,17H,3,5-7,9-12H2,1H3. The zero-order chi connectivity index (χ0) is 14.9. The number of H-pyrrole nitrogens is 1. The van der Waals surface area contributed by atoms with Gasteiger partial charge in [-0.3, -0.25) is 9.59 Å². The second-order valence-corrected chi connectivity index (χ2v) is 6.42. The minimum absolute atomic E-state index is 0.0917. The number of carbonyl (C=O) groups excluding carboxylic acids is 2. The molecule has 2 aliphatic heterocycles. The van der Waals surface area contributed by atoms with Gasteiger partial charge < -0.3 is 14.8 Å². The molecule has 1 aromatic rings. The average molecular weight is 289 g/mol. The summed E-state index contributed by atoms with van der Waals surface area (Å²) in [7, 11) is 0. The first kappa shape index (κ1) is 14.2. The van der Waals surface area contributed by atoms with E-state index in [-0.39, 0.29) is 17.2 Å². The molecule has 2 saturated heterocycles. The molecule has 0 saturated carbocycles. The van der Waals surface area contributed by atoms with Crippen LogP contribution in [-0.4, -0.2) is 52.8 Å². The van der Waals surface area contributed by atoms with E-state index >= 15 is 0 Å². The summed E-state index contributed by atoms with van der Waals surface area (Å²) in [5.41, 5.74) is 0.899. The second kappa shape index (κ2) is 5.54. The minimum Gasteiger partial charge on any atom is -0.357 e. The quantitative estimate of drug-likeness (QED) is 0.858. The van der Waals surface area contributed by atoms with Crippen LogP contribution in [0.1, 0.15) is 43.1 Å². The lowest BCUT2D eigenvalue weighted by Gasteiger charge is -2.47. The first-order chi connectivity index (χ1) is 10.1. The van der Waals surface area contributed by atoms with Crippen molar-refractivity contribution in [3.63, 3.8) is 0 Å². The van der Waals surface area contributed by atoms with E-state index in [2.05, 4.69) is 4.98 Å². The summed E-state index contributed by atoms with van der Waals surface area (Å²) in [5, 5.41) is 0. The van der Waals surface area contributed by atoms with Gasteiger partial charge in [-0.1, -0.05) is 0 Å². The molecule has 2 fully saturated rings. The van der Waals surface area contributed by atoms with Crippen LogP contribution in [0, 0.1) is 5.41 Å². The minimum atomic E-state index is 0.0917. The molecular weight excluding hydrogens is 266 g/mol. The van der Waals surface area contributed by atoms with E-state index in [9.17, 15) is 9.59 Å². The Bertz CT molecular complexity index is 516. The molecular formula is C16H23N3O2. The van der Waals surface area contributed by atoms with Gasteiger partial charge in [-0.15, -0.1) is 0 Å².